The number of aromatic nitrogens is 3. The molecule has 0 bridgehead atoms. The fraction of sp³-hybridized carbons (Fsp3) is 0.174. The molecule has 1 heterocycles. The third-order valence-corrected chi connectivity index (χ3v) is 5.81. The first-order chi connectivity index (χ1) is 14.7. The molecule has 1 atom stereocenters. The average Bonchev–Trinajstić information content (AvgIpc) is 3.26. The fourth-order valence-electron chi connectivity index (χ4n) is 3.36. The maximum absolute atomic E-state index is 12.6. The largest absolute Gasteiger partial charge is 0.497 e. The summed E-state index contributed by atoms with van der Waals surface area (Å²) < 4.78 is 7.05. The van der Waals surface area contributed by atoms with Gasteiger partial charge in [-0.25, -0.2) is 0 Å². The quantitative estimate of drug-likeness (QED) is 0.451. The summed E-state index contributed by atoms with van der Waals surface area (Å²) in [4.78, 5) is 12.6. The van der Waals surface area contributed by atoms with Crippen LogP contribution in [0, 0.1) is 0 Å². The van der Waals surface area contributed by atoms with Crippen molar-refractivity contribution < 1.29 is 9.53 Å². The molecule has 3 aromatic carbocycles. The first-order valence-electron chi connectivity index (χ1n) is 9.60. The number of carbonyl (C=O) groups is 1. The molecular formula is C23H22N4O2S. The Morgan fingerprint density at radius 1 is 1.10 bits per heavy atom. The Kier molecular flexibility index (Phi) is 5.99. The lowest BCUT2D eigenvalue weighted by Crippen LogP contribution is -2.28. The molecule has 6 nitrogen and oxygen atoms in total. The van der Waals surface area contributed by atoms with Gasteiger partial charge < -0.3 is 10.1 Å². The van der Waals surface area contributed by atoms with E-state index in [-0.39, 0.29) is 17.7 Å². The molecule has 0 aliphatic heterocycles. The minimum atomic E-state index is -0.0938. The number of rotatable bonds is 7. The number of carbonyl (C=O) groups excluding carboxylic acids is 1. The van der Waals surface area contributed by atoms with E-state index in [4.69, 9.17) is 4.74 Å². The van der Waals surface area contributed by atoms with Crippen LogP contribution in [0.4, 0.5) is 0 Å². The summed E-state index contributed by atoms with van der Waals surface area (Å²) in [5, 5.41) is 14.2. The molecule has 0 saturated heterocycles. The van der Waals surface area contributed by atoms with Crippen LogP contribution in [0.1, 0.15) is 18.5 Å². The van der Waals surface area contributed by atoms with Gasteiger partial charge in [-0.05, 0) is 47.5 Å². The van der Waals surface area contributed by atoms with Crippen LogP contribution in [0.15, 0.2) is 78.2 Å². The van der Waals surface area contributed by atoms with Crippen molar-refractivity contribution >= 4 is 28.4 Å². The lowest BCUT2D eigenvalue weighted by molar-refractivity contribution is -0.119. The van der Waals surface area contributed by atoms with Gasteiger partial charge >= 0.3 is 0 Å². The topological polar surface area (TPSA) is 69.0 Å². The summed E-state index contributed by atoms with van der Waals surface area (Å²) >= 11 is 1.35. The maximum Gasteiger partial charge on any atom is 0.230 e. The Hall–Kier alpha value is -3.32. The first-order valence-corrected chi connectivity index (χ1v) is 10.6. The Balaban J connectivity index is 1.41. The van der Waals surface area contributed by atoms with Gasteiger partial charge in [0, 0.05) is 5.69 Å². The Morgan fingerprint density at radius 3 is 2.67 bits per heavy atom. The third kappa shape index (κ3) is 4.31. The monoisotopic (exact) mass is 418 g/mol. The molecule has 4 aromatic rings. The van der Waals surface area contributed by atoms with E-state index in [1.54, 1.807) is 13.4 Å². The number of methoxy groups -OCH3 is 1. The van der Waals surface area contributed by atoms with E-state index < -0.39 is 0 Å². The van der Waals surface area contributed by atoms with Crippen molar-refractivity contribution in [3.05, 3.63) is 78.6 Å². The van der Waals surface area contributed by atoms with Gasteiger partial charge in [-0.1, -0.05) is 54.2 Å². The standard InChI is InChI=1S/C23H22N4O2S/c1-16(20-9-5-7-17-6-3-4-8-21(17)20)25-22(28)14-30-23-26-24-15-27(23)18-10-12-19(29-2)13-11-18/h3-13,15-16H,14H2,1-2H3,(H,25,28)/t16-/m1/s1. The van der Waals surface area contributed by atoms with E-state index in [1.165, 1.54) is 11.8 Å². The third-order valence-electron chi connectivity index (χ3n) is 4.87. The summed E-state index contributed by atoms with van der Waals surface area (Å²) in [6.45, 7) is 2.00. The second-order valence-corrected chi connectivity index (χ2v) is 7.77. The van der Waals surface area contributed by atoms with E-state index >= 15 is 0 Å². The van der Waals surface area contributed by atoms with Crippen molar-refractivity contribution in [2.45, 2.75) is 18.1 Å². The minimum absolute atomic E-state index is 0.0512. The molecule has 4 rings (SSSR count). The van der Waals surface area contributed by atoms with Crippen molar-refractivity contribution in [1.29, 1.82) is 0 Å². The highest BCUT2D eigenvalue weighted by Crippen LogP contribution is 2.25. The van der Waals surface area contributed by atoms with Gasteiger partial charge in [-0.3, -0.25) is 9.36 Å². The van der Waals surface area contributed by atoms with Crippen LogP contribution >= 0.6 is 11.8 Å². The second-order valence-electron chi connectivity index (χ2n) is 6.83. The van der Waals surface area contributed by atoms with E-state index in [1.807, 2.05) is 54.0 Å². The molecule has 0 aliphatic carbocycles. The molecule has 0 spiro atoms. The molecule has 152 valence electrons. The van der Waals surface area contributed by atoms with Gasteiger partial charge in [0.1, 0.15) is 12.1 Å². The van der Waals surface area contributed by atoms with Crippen molar-refractivity contribution in [2.75, 3.05) is 12.9 Å². The first kappa shape index (κ1) is 20.0. The maximum atomic E-state index is 12.6. The zero-order valence-electron chi connectivity index (χ0n) is 16.8. The second kappa shape index (κ2) is 9.00. The SMILES string of the molecule is COc1ccc(-n2cnnc2SCC(=O)N[C@H](C)c2cccc3ccccc23)cc1. The Morgan fingerprint density at radius 2 is 1.87 bits per heavy atom. The highest BCUT2D eigenvalue weighted by atomic mass is 32.2. The lowest BCUT2D eigenvalue weighted by atomic mass is 10.00. The molecule has 7 heteroatoms. The van der Waals surface area contributed by atoms with Crippen LogP contribution in [-0.4, -0.2) is 33.5 Å². The Labute approximate surface area is 179 Å². The van der Waals surface area contributed by atoms with E-state index in [0.717, 1.165) is 27.8 Å². The van der Waals surface area contributed by atoms with Crippen LogP contribution in [-0.2, 0) is 4.79 Å². The van der Waals surface area contributed by atoms with Crippen LogP contribution < -0.4 is 10.1 Å². The van der Waals surface area contributed by atoms with Crippen LogP contribution in [0.2, 0.25) is 0 Å². The zero-order valence-corrected chi connectivity index (χ0v) is 17.6. The van der Waals surface area contributed by atoms with E-state index in [0.29, 0.717) is 5.16 Å². The number of ether oxygens (including phenoxy) is 1. The number of fused-ring (bicyclic) bond motifs is 1. The molecular weight excluding hydrogens is 396 g/mol. The summed E-state index contributed by atoms with van der Waals surface area (Å²) in [5.74, 6) is 0.983. The number of benzene rings is 3. The number of hydrogen-bond donors (Lipinski definition) is 1. The normalized spacial score (nSPS) is 11.9. The molecule has 0 radical (unpaired) electrons. The predicted molar refractivity (Wildman–Crippen MR) is 119 cm³/mol. The van der Waals surface area contributed by atoms with Crippen molar-refractivity contribution in [1.82, 2.24) is 20.1 Å². The average molecular weight is 419 g/mol. The predicted octanol–water partition coefficient (Wildman–Crippen LogP) is 4.40. The van der Waals surface area contributed by atoms with Crippen LogP contribution in [0.25, 0.3) is 16.5 Å². The van der Waals surface area contributed by atoms with Gasteiger partial charge in [0.15, 0.2) is 5.16 Å². The van der Waals surface area contributed by atoms with Gasteiger partial charge in [0.05, 0.1) is 18.9 Å². The van der Waals surface area contributed by atoms with Crippen molar-refractivity contribution in [3.63, 3.8) is 0 Å². The van der Waals surface area contributed by atoms with Gasteiger partial charge in [0.25, 0.3) is 0 Å². The van der Waals surface area contributed by atoms with Crippen molar-refractivity contribution in [3.8, 4) is 11.4 Å². The summed E-state index contributed by atoms with van der Waals surface area (Å²) in [7, 11) is 1.63. The molecule has 0 saturated carbocycles. The molecule has 0 fully saturated rings. The van der Waals surface area contributed by atoms with Gasteiger partial charge in [-0.2, -0.15) is 0 Å². The van der Waals surface area contributed by atoms with E-state index in [9.17, 15) is 4.79 Å². The number of nitrogens with zero attached hydrogens (tertiary/aromatic N) is 3. The number of amides is 1. The van der Waals surface area contributed by atoms with E-state index in [2.05, 4.69) is 39.8 Å². The van der Waals surface area contributed by atoms with Crippen LogP contribution in [0.3, 0.4) is 0 Å². The van der Waals surface area contributed by atoms with Gasteiger partial charge in [0.2, 0.25) is 5.91 Å². The number of hydrogen-bond acceptors (Lipinski definition) is 5. The molecule has 1 aromatic heterocycles. The minimum Gasteiger partial charge on any atom is -0.497 e. The summed E-state index contributed by atoms with van der Waals surface area (Å²) in [5.41, 5.74) is 2.01. The Bertz CT molecular complexity index is 1150. The molecule has 0 aliphatic rings. The molecule has 30 heavy (non-hydrogen) atoms. The summed E-state index contributed by atoms with van der Waals surface area (Å²) in [6, 6.07) is 21.9. The summed E-state index contributed by atoms with van der Waals surface area (Å²) in [6.07, 6.45) is 1.64. The van der Waals surface area contributed by atoms with Crippen molar-refractivity contribution in [2.24, 2.45) is 0 Å². The smallest absolute Gasteiger partial charge is 0.230 e. The highest BCUT2D eigenvalue weighted by Gasteiger charge is 2.14. The molecule has 0 unspecified atom stereocenters. The van der Waals surface area contributed by atoms with Crippen LogP contribution in [0.5, 0.6) is 5.75 Å². The molecule has 1 N–H and O–H groups in total. The molecule has 1 amide bonds. The number of nitrogens with one attached hydrogen (secondary N) is 1. The van der Waals surface area contributed by atoms with Gasteiger partial charge in [-0.15, -0.1) is 10.2 Å². The lowest BCUT2D eigenvalue weighted by Gasteiger charge is -2.16. The highest BCUT2D eigenvalue weighted by molar-refractivity contribution is 7.99. The fourth-order valence-corrected chi connectivity index (χ4v) is 4.10. The zero-order chi connectivity index (χ0) is 20.9. The number of thioether (sulfide) groups is 1.